The second-order valence-corrected chi connectivity index (χ2v) is 6.94. The Hall–Kier alpha value is -1.20. The Kier molecular flexibility index (Phi) is 6.58. The van der Waals surface area contributed by atoms with Crippen molar-refractivity contribution in [3.8, 4) is 0 Å². The lowest BCUT2D eigenvalue weighted by Crippen LogP contribution is -2.44. The third kappa shape index (κ3) is 4.92. The van der Waals surface area contributed by atoms with Gasteiger partial charge in [-0.1, -0.05) is 12.1 Å². The topological polar surface area (TPSA) is 52.6 Å². The molecule has 0 radical (unpaired) electrons. The number of hydrogen-bond acceptors (Lipinski definition) is 3. The summed E-state index contributed by atoms with van der Waals surface area (Å²) in [5, 5.41) is 12.7. The van der Waals surface area contributed by atoms with E-state index >= 15 is 0 Å². The van der Waals surface area contributed by atoms with Crippen molar-refractivity contribution in [3.05, 3.63) is 29.8 Å². The van der Waals surface area contributed by atoms with Crippen molar-refractivity contribution in [1.29, 1.82) is 0 Å². The highest BCUT2D eigenvalue weighted by atomic mass is 32.2. The number of nitrogens with one attached hydrogen (secondary N) is 1. The van der Waals surface area contributed by atoms with Gasteiger partial charge in [0.05, 0.1) is 6.10 Å². The number of thioether (sulfide) groups is 1. The van der Waals surface area contributed by atoms with Crippen LogP contribution in [0, 0.1) is 5.92 Å². The zero-order valence-corrected chi connectivity index (χ0v) is 14.2. The fourth-order valence-corrected chi connectivity index (χ4v) is 3.21. The van der Waals surface area contributed by atoms with E-state index in [1.807, 2.05) is 28.8 Å². The Morgan fingerprint density at radius 3 is 2.82 bits per heavy atom. The SMILES string of the molecule is CSCCc1ccc(NC(=O)N2CCCC(C(C)O)C2)cc1. The highest BCUT2D eigenvalue weighted by Gasteiger charge is 2.26. The average molecular weight is 322 g/mol. The maximum Gasteiger partial charge on any atom is 0.321 e. The van der Waals surface area contributed by atoms with Crippen LogP contribution in [0.2, 0.25) is 0 Å². The summed E-state index contributed by atoms with van der Waals surface area (Å²) < 4.78 is 0. The highest BCUT2D eigenvalue weighted by molar-refractivity contribution is 7.98. The van der Waals surface area contributed by atoms with Crippen molar-refractivity contribution in [2.45, 2.75) is 32.3 Å². The molecule has 2 amide bonds. The Bertz CT molecular complexity index is 476. The summed E-state index contributed by atoms with van der Waals surface area (Å²) in [5.41, 5.74) is 2.12. The van der Waals surface area contributed by atoms with Crippen molar-refractivity contribution in [3.63, 3.8) is 0 Å². The van der Waals surface area contributed by atoms with Crippen LogP contribution in [0.25, 0.3) is 0 Å². The van der Waals surface area contributed by atoms with Crippen LogP contribution >= 0.6 is 11.8 Å². The molecule has 2 rings (SSSR count). The molecule has 1 aromatic rings. The van der Waals surface area contributed by atoms with Crippen LogP contribution in [-0.4, -0.2) is 47.2 Å². The van der Waals surface area contributed by atoms with Gasteiger partial charge in [-0.2, -0.15) is 11.8 Å². The summed E-state index contributed by atoms with van der Waals surface area (Å²) in [5.74, 6) is 1.30. The number of carbonyl (C=O) groups excluding carboxylic acids is 1. The lowest BCUT2D eigenvalue weighted by Gasteiger charge is -2.34. The van der Waals surface area contributed by atoms with Crippen LogP contribution in [0.1, 0.15) is 25.3 Å². The van der Waals surface area contributed by atoms with Crippen LogP contribution < -0.4 is 5.32 Å². The summed E-state index contributed by atoms with van der Waals surface area (Å²) in [6.07, 6.45) is 4.75. The number of hydrogen-bond donors (Lipinski definition) is 2. The third-order valence-electron chi connectivity index (χ3n) is 4.23. The first-order valence-electron chi connectivity index (χ1n) is 7.92. The number of aliphatic hydroxyl groups is 1. The molecule has 0 aliphatic carbocycles. The molecule has 5 heteroatoms. The van der Waals surface area contributed by atoms with E-state index in [9.17, 15) is 9.90 Å². The zero-order valence-electron chi connectivity index (χ0n) is 13.4. The first-order chi connectivity index (χ1) is 10.6. The molecule has 2 atom stereocenters. The maximum atomic E-state index is 12.3. The monoisotopic (exact) mass is 322 g/mol. The Balaban J connectivity index is 1.88. The van der Waals surface area contributed by atoms with E-state index in [1.54, 1.807) is 6.92 Å². The van der Waals surface area contributed by atoms with Crippen molar-refractivity contribution in [2.75, 3.05) is 30.4 Å². The summed E-state index contributed by atoms with van der Waals surface area (Å²) in [7, 11) is 0. The first kappa shape index (κ1) is 17.2. The van der Waals surface area contributed by atoms with Gasteiger partial charge in [0.25, 0.3) is 0 Å². The molecule has 1 saturated heterocycles. The number of carbonyl (C=O) groups is 1. The number of benzene rings is 1. The van der Waals surface area contributed by atoms with Crippen LogP contribution in [-0.2, 0) is 6.42 Å². The van der Waals surface area contributed by atoms with E-state index in [-0.39, 0.29) is 18.1 Å². The molecule has 0 aromatic heterocycles. The second-order valence-electron chi connectivity index (χ2n) is 5.96. The quantitative estimate of drug-likeness (QED) is 0.875. The van der Waals surface area contributed by atoms with E-state index in [0.29, 0.717) is 6.54 Å². The van der Waals surface area contributed by atoms with E-state index in [2.05, 4.69) is 23.7 Å². The van der Waals surface area contributed by atoms with E-state index in [1.165, 1.54) is 5.56 Å². The Morgan fingerprint density at radius 2 is 2.18 bits per heavy atom. The van der Waals surface area contributed by atoms with Crippen molar-refractivity contribution in [1.82, 2.24) is 4.90 Å². The lowest BCUT2D eigenvalue weighted by molar-refractivity contribution is 0.0766. The number of amides is 2. The van der Waals surface area contributed by atoms with Gasteiger partial charge in [-0.25, -0.2) is 4.79 Å². The summed E-state index contributed by atoms with van der Waals surface area (Å²) >= 11 is 1.84. The molecule has 0 saturated carbocycles. The minimum Gasteiger partial charge on any atom is -0.393 e. The van der Waals surface area contributed by atoms with Gasteiger partial charge in [0, 0.05) is 24.7 Å². The zero-order chi connectivity index (χ0) is 15.9. The van der Waals surface area contributed by atoms with Crippen molar-refractivity contribution < 1.29 is 9.90 Å². The van der Waals surface area contributed by atoms with Gasteiger partial charge in [0.15, 0.2) is 0 Å². The number of likely N-dealkylation sites (tertiary alicyclic amines) is 1. The first-order valence-corrected chi connectivity index (χ1v) is 9.31. The molecule has 1 fully saturated rings. The number of rotatable bonds is 5. The number of urea groups is 1. The molecule has 1 aliphatic heterocycles. The summed E-state index contributed by atoms with van der Waals surface area (Å²) in [4.78, 5) is 14.1. The fraction of sp³-hybridized carbons (Fsp3) is 0.588. The molecule has 0 bridgehead atoms. The van der Waals surface area contributed by atoms with Crippen LogP contribution in [0.4, 0.5) is 10.5 Å². The molecule has 0 spiro atoms. The highest BCUT2D eigenvalue weighted by Crippen LogP contribution is 2.20. The normalized spacial score (nSPS) is 19.8. The molecular weight excluding hydrogens is 296 g/mol. The fourth-order valence-electron chi connectivity index (χ4n) is 2.77. The van der Waals surface area contributed by atoms with Gasteiger partial charge >= 0.3 is 6.03 Å². The molecule has 1 heterocycles. The van der Waals surface area contributed by atoms with Crippen LogP contribution in [0.15, 0.2) is 24.3 Å². The smallest absolute Gasteiger partial charge is 0.321 e. The largest absolute Gasteiger partial charge is 0.393 e. The van der Waals surface area contributed by atoms with Gasteiger partial charge in [-0.3, -0.25) is 0 Å². The van der Waals surface area contributed by atoms with E-state index in [0.717, 1.165) is 37.2 Å². The number of aliphatic hydroxyl groups excluding tert-OH is 1. The number of aryl methyl sites for hydroxylation is 1. The summed E-state index contributed by atoms with van der Waals surface area (Å²) in [6, 6.07) is 8.00. The van der Waals surface area contributed by atoms with Crippen LogP contribution in [0.3, 0.4) is 0 Å². The van der Waals surface area contributed by atoms with E-state index in [4.69, 9.17) is 0 Å². The van der Waals surface area contributed by atoms with Gasteiger partial charge in [-0.05, 0) is 55.9 Å². The maximum absolute atomic E-state index is 12.3. The van der Waals surface area contributed by atoms with E-state index < -0.39 is 0 Å². The predicted octanol–water partition coefficient (Wildman–Crippen LogP) is 3.22. The van der Waals surface area contributed by atoms with Crippen LogP contribution in [0.5, 0.6) is 0 Å². The summed E-state index contributed by atoms with van der Waals surface area (Å²) in [6.45, 7) is 3.20. The van der Waals surface area contributed by atoms with Gasteiger partial charge < -0.3 is 15.3 Å². The predicted molar refractivity (Wildman–Crippen MR) is 93.5 cm³/mol. The molecule has 1 aromatic carbocycles. The number of nitrogens with zero attached hydrogens (tertiary/aromatic N) is 1. The molecule has 22 heavy (non-hydrogen) atoms. The van der Waals surface area contributed by atoms with Crippen molar-refractivity contribution >= 4 is 23.5 Å². The average Bonchev–Trinajstić information content (AvgIpc) is 2.54. The lowest BCUT2D eigenvalue weighted by atomic mass is 9.94. The molecule has 122 valence electrons. The Labute approximate surface area is 137 Å². The second kappa shape index (κ2) is 8.44. The standard InChI is InChI=1S/C17H26N2O2S/c1-13(20)15-4-3-10-19(12-15)17(21)18-16-7-5-14(6-8-16)9-11-22-2/h5-8,13,15,20H,3-4,9-12H2,1-2H3,(H,18,21). The van der Waals surface area contributed by atoms with Gasteiger partial charge in [0.2, 0.25) is 0 Å². The number of piperidine rings is 1. The van der Waals surface area contributed by atoms with Gasteiger partial charge in [-0.15, -0.1) is 0 Å². The molecule has 4 nitrogen and oxygen atoms in total. The Morgan fingerprint density at radius 1 is 1.45 bits per heavy atom. The van der Waals surface area contributed by atoms with Crippen molar-refractivity contribution in [2.24, 2.45) is 5.92 Å². The minimum absolute atomic E-state index is 0.0674. The third-order valence-corrected chi connectivity index (χ3v) is 4.84. The molecule has 1 aliphatic rings. The number of anilines is 1. The molecular formula is C17H26N2O2S. The molecule has 2 unspecified atom stereocenters. The van der Waals surface area contributed by atoms with Gasteiger partial charge in [0.1, 0.15) is 0 Å². The minimum atomic E-state index is -0.355. The molecule has 2 N–H and O–H groups in total.